The maximum absolute atomic E-state index is 13.4. The van der Waals surface area contributed by atoms with Gasteiger partial charge >= 0.3 is 0 Å². The van der Waals surface area contributed by atoms with E-state index in [4.69, 9.17) is 16.4 Å². The molecule has 1 unspecified atom stereocenters. The third kappa shape index (κ3) is 3.14. The SMILES string of the molecule is CC1(CCl)CC(SCc2cc(F)ccc2F)=NO1. The summed E-state index contributed by atoms with van der Waals surface area (Å²) in [6, 6.07) is 3.42. The van der Waals surface area contributed by atoms with Crippen molar-refractivity contribution in [2.24, 2.45) is 5.16 Å². The third-order valence-corrected chi connectivity index (χ3v) is 4.15. The van der Waals surface area contributed by atoms with E-state index >= 15 is 0 Å². The molecule has 0 saturated carbocycles. The van der Waals surface area contributed by atoms with Gasteiger partial charge in [0.2, 0.25) is 0 Å². The first kappa shape index (κ1) is 13.6. The first-order chi connectivity index (χ1) is 8.52. The van der Waals surface area contributed by atoms with Gasteiger partial charge in [0, 0.05) is 17.7 Å². The fraction of sp³-hybridized carbons (Fsp3) is 0.417. The Labute approximate surface area is 113 Å². The van der Waals surface area contributed by atoms with Gasteiger partial charge in [-0.05, 0) is 25.1 Å². The molecule has 0 aliphatic carbocycles. The highest BCUT2D eigenvalue weighted by Gasteiger charge is 2.33. The Kier molecular flexibility index (Phi) is 4.12. The van der Waals surface area contributed by atoms with Crippen LogP contribution in [-0.2, 0) is 10.6 Å². The summed E-state index contributed by atoms with van der Waals surface area (Å²) in [7, 11) is 0. The lowest BCUT2D eigenvalue weighted by Gasteiger charge is -2.16. The zero-order valence-corrected chi connectivity index (χ0v) is 11.3. The molecule has 1 aromatic rings. The standard InChI is InChI=1S/C12H12ClF2NOS/c1-12(7-13)5-11(16-17-12)18-6-8-4-9(14)2-3-10(8)15/h2-4H,5-7H2,1H3. The van der Waals surface area contributed by atoms with E-state index in [1.165, 1.54) is 17.8 Å². The van der Waals surface area contributed by atoms with E-state index in [1.807, 2.05) is 6.92 Å². The molecule has 18 heavy (non-hydrogen) atoms. The van der Waals surface area contributed by atoms with E-state index in [1.54, 1.807) is 0 Å². The number of rotatable bonds is 3. The number of hydrogen-bond acceptors (Lipinski definition) is 3. The summed E-state index contributed by atoms with van der Waals surface area (Å²) in [6.07, 6.45) is 0.595. The molecule has 0 N–H and O–H groups in total. The van der Waals surface area contributed by atoms with Crippen LogP contribution in [-0.4, -0.2) is 16.5 Å². The summed E-state index contributed by atoms with van der Waals surface area (Å²) >= 11 is 7.10. The number of oxime groups is 1. The van der Waals surface area contributed by atoms with Crippen LogP contribution >= 0.6 is 23.4 Å². The molecule has 0 bridgehead atoms. The summed E-state index contributed by atoms with van der Waals surface area (Å²) < 4.78 is 26.4. The highest BCUT2D eigenvalue weighted by Crippen LogP contribution is 2.31. The molecular weight excluding hydrogens is 280 g/mol. The van der Waals surface area contributed by atoms with Crippen molar-refractivity contribution >= 4 is 28.4 Å². The lowest BCUT2D eigenvalue weighted by Crippen LogP contribution is -2.26. The lowest BCUT2D eigenvalue weighted by atomic mass is 10.1. The Morgan fingerprint density at radius 2 is 2.28 bits per heavy atom. The number of benzene rings is 1. The Balaban J connectivity index is 1.95. The number of hydrogen-bond donors (Lipinski definition) is 0. The van der Waals surface area contributed by atoms with Crippen LogP contribution < -0.4 is 0 Å². The van der Waals surface area contributed by atoms with Crippen molar-refractivity contribution in [2.75, 3.05) is 5.88 Å². The molecule has 1 aliphatic rings. The Bertz CT molecular complexity index is 483. The van der Waals surface area contributed by atoms with E-state index in [9.17, 15) is 8.78 Å². The van der Waals surface area contributed by atoms with Crippen LogP contribution in [0.5, 0.6) is 0 Å². The van der Waals surface area contributed by atoms with Gasteiger partial charge in [0.25, 0.3) is 0 Å². The van der Waals surface area contributed by atoms with Gasteiger partial charge in [-0.2, -0.15) is 0 Å². The second kappa shape index (κ2) is 5.45. The second-order valence-electron chi connectivity index (χ2n) is 4.36. The molecule has 0 aromatic heterocycles. The number of nitrogens with zero attached hydrogens (tertiary/aromatic N) is 1. The third-order valence-electron chi connectivity index (χ3n) is 2.58. The molecular formula is C12H12ClF2NOS. The van der Waals surface area contributed by atoms with Gasteiger partial charge in [0.1, 0.15) is 16.7 Å². The topological polar surface area (TPSA) is 21.6 Å². The van der Waals surface area contributed by atoms with Crippen molar-refractivity contribution in [3.05, 3.63) is 35.4 Å². The van der Waals surface area contributed by atoms with Gasteiger partial charge in [0.15, 0.2) is 5.60 Å². The van der Waals surface area contributed by atoms with Crippen molar-refractivity contribution in [1.82, 2.24) is 0 Å². The molecule has 2 nitrogen and oxygen atoms in total. The van der Waals surface area contributed by atoms with Crippen LogP contribution in [0, 0.1) is 11.6 Å². The monoisotopic (exact) mass is 291 g/mol. The van der Waals surface area contributed by atoms with Gasteiger partial charge in [0.05, 0.1) is 5.88 Å². The van der Waals surface area contributed by atoms with Crippen molar-refractivity contribution in [3.8, 4) is 0 Å². The maximum atomic E-state index is 13.4. The Morgan fingerprint density at radius 3 is 2.94 bits per heavy atom. The van der Waals surface area contributed by atoms with Crippen LogP contribution in [0.25, 0.3) is 0 Å². The maximum Gasteiger partial charge on any atom is 0.154 e. The van der Waals surface area contributed by atoms with Crippen molar-refractivity contribution in [1.29, 1.82) is 0 Å². The van der Waals surface area contributed by atoms with E-state index in [0.717, 1.165) is 17.2 Å². The fourth-order valence-corrected chi connectivity index (χ4v) is 2.69. The summed E-state index contributed by atoms with van der Waals surface area (Å²) in [4.78, 5) is 5.21. The molecule has 1 atom stereocenters. The zero-order valence-electron chi connectivity index (χ0n) is 9.75. The van der Waals surface area contributed by atoms with Gasteiger partial charge in [-0.25, -0.2) is 8.78 Å². The summed E-state index contributed by atoms with van der Waals surface area (Å²) in [5.41, 5.74) is -0.160. The second-order valence-corrected chi connectivity index (χ2v) is 5.68. The van der Waals surface area contributed by atoms with Gasteiger partial charge in [-0.15, -0.1) is 23.4 Å². The van der Waals surface area contributed by atoms with Crippen LogP contribution in [0.1, 0.15) is 18.9 Å². The molecule has 0 radical (unpaired) electrons. The Morgan fingerprint density at radius 1 is 1.50 bits per heavy atom. The van der Waals surface area contributed by atoms with E-state index < -0.39 is 17.2 Å². The number of thioether (sulfide) groups is 1. The van der Waals surface area contributed by atoms with Gasteiger partial charge in [-0.1, -0.05) is 5.16 Å². The highest BCUT2D eigenvalue weighted by atomic mass is 35.5. The molecule has 0 saturated heterocycles. The van der Waals surface area contributed by atoms with Crippen LogP contribution in [0.3, 0.4) is 0 Å². The van der Waals surface area contributed by atoms with E-state index in [0.29, 0.717) is 23.6 Å². The van der Waals surface area contributed by atoms with Crippen LogP contribution in [0.2, 0.25) is 0 Å². The summed E-state index contributed by atoms with van der Waals surface area (Å²) in [5.74, 6) is -0.190. The van der Waals surface area contributed by atoms with Crippen molar-refractivity contribution in [2.45, 2.75) is 24.7 Å². The highest BCUT2D eigenvalue weighted by molar-refractivity contribution is 8.13. The first-order valence-corrected chi connectivity index (χ1v) is 6.92. The van der Waals surface area contributed by atoms with Crippen LogP contribution in [0.4, 0.5) is 8.78 Å². The fourth-order valence-electron chi connectivity index (χ4n) is 1.51. The summed E-state index contributed by atoms with van der Waals surface area (Å²) in [6.45, 7) is 1.86. The molecule has 1 aromatic carbocycles. The molecule has 0 amide bonds. The zero-order chi connectivity index (χ0) is 13.2. The van der Waals surface area contributed by atoms with Gasteiger partial charge in [-0.3, -0.25) is 0 Å². The predicted molar refractivity (Wildman–Crippen MR) is 69.9 cm³/mol. The molecule has 1 aliphatic heterocycles. The predicted octanol–water partition coefficient (Wildman–Crippen LogP) is 3.93. The summed E-state index contributed by atoms with van der Waals surface area (Å²) in [5, 5.41) is 4.66. The number of halogens is 3. The first-order valence-electron chi connectivity index (χ1n) is 5.40. The number of alkyl halides is 1. The molecule has 1 heterocycles. The molecule has 98 valence electrons. The van der Waals surface area contributed by atoms with E-state index in [2.05, 4.69) is 5.16 Å². The normalized spacial score (nSPS) is 22.8. The average Bonchev–Trinajstić information content (AvgIpc) is 2.73. The van der Waals surface area contributed by atoms with Crippen molar-refractivity contribution < 1.29 is 13.6 Å². The molecule has 2 rings (SSSR count). The average molecular weight is 292 g/mol. The minimum absolute atomic E-state index is 0.321. The Hall–Kier alpha value is -0.810. The molecule has 0 spiro atoms. The molecule has 6 heteroatoms. The smallest absolute Gasteiger partial charge is 0.154 e. The van der Waals surface area contributed by atoms with Crippen molar-refractivity contribution in [3.63, 3.8) is 0 Å². The quantitative estimate of drug-likeness (QED) is 0.787. The molecule has 0 fully saturated rings. The van der Waals surface area contributed by atoms with E-state index in [-0.39, 0.29) is 0 Å². The lowest BCUT2D eigenvalue weighted by molar-refractivity contribution is 0.0152. The van der Waals surface area contributed by atoms with Gasteiger partial charge < -0.3 is 4.84 Å². The van der Waals surface area contributed by atoms with Crippen LogP contribution in [0.15, 0.2) is 23.4 Å². The minimum atomic E-state index is -0.482. The minimum Gasteiger partial charge on any atom is -0.387 e. The largest absolute Gasteiger partial charge is 0.387 e.